The van der Waals surface area contributed by atoms with Crippen LogP contribution in [0.25, 0.3) is 76.1 Å². The fourth-order valence-corrected chi connectivity index (χ4v) is 7.99. The Balaban J connectivity index is 1.25. The number of hydrogen-bond donors (Lipinski definition) is 0. The third-order valence-electron chi connectivity index (χ3n) is 8.95. The van der Waals surface area contributed by atoms with E-state index in [9.17, 15) is 0 Å². The molecule has 9 aromatic rings. The van der Waals surface area contributed by atoms with Crippen LogP contribution in [-0.4, -0.2) is 4.98 Å². The van der Waals surface area contributed by atoms with Crippen molar-refractivity contribution in [1.82, 2.24) is 4.98 Å². The van der Waals surface area contributed by atoms with Gasteiger partial charge in [0.15, 0.2) is 0 Å². The van der Waals surface area contributed by atoms with Crippen molar-refractivity contribution in [3.63, 3.8) is 0 Å². The van der Waals surface area contributed by atoms with Gasteiger partial charge < -0.3 is 0 Å². The standard InChI is InChI=1S/C43H27NS/c1-2-10-28(11-3-1)29-18-19-31-25-33(21-20-30(31)24-29)45-43-38-17-9-8-16-37(38)42(41-27-44-23-22-39(41)43)40-26-32-12-4-5-13-34(32)35-14-6-7-15-36(35)40/h1-27H. The van der Waals surface area contributed by atoms with Crippen molar-refractivity contribution >= 4 is 65.6 Å². The van der Waals surface area contributed by atoms with Crippen LogP contribution in [0.15, 0.2) is 174 Å². The van der Waals surface area contributed by atoms with Gasteiger partial charge in [-0.05, 0) is 101 Å². The van der Waals surface area contributed by atoms with Gasteiger partial charge in [-0.2, -0.15) is 0 Å². The first-order valence-electron chi connectivity index (χ1n) is 15.3. The van der Waals surface area contributed by atoms with E-state index in [0.717, 1.165) is 0 Å². The molecule has 0 radical (unpaired) electrons. The second-order valence-electron chi connectivity index (χ2n) is 11.6. The number of fused-ring (bicyclic) bond motifs is 6. The average molecular weight is 590 g/mol. The van der Waals surface area contributed by atoms with E-state index in [1.807, 2.05) is 18.0 Å². The van der Waals surface area contributed by atoms with E-state index in [2.05, 4.69) is 163 Å². The van der Waals surface area contributed by atoms with Crippen molar-refractivity contribution in [3.05, 3.63) is 164 Å². The maximum Gasteiger partial charge on any atom is 0.0353 e. The van der Waals surface area contributed by atoms with Crippen LogP contribution in [-0.2, 0) is 0 Å². The maximum absolute atomic E-state index is 4.66. The van der Waals surface area contributed by atoms with E-state index in [-0.39, 0.29) is 0 Å². The molecule has 0 aliphatic heterocycles. The molecule has 0 saturated heterocycles. The Kier molecular flexibility index (Phi) is 6.14. The van der Waals surface area contributed by atoms with Gasteiger partial charge in [-0.3, -0.25) is 4.98 Å². The Morgan fingerprint density at radius 3 is 1.93 bits per heavy atom. The maximum atomic E-state index is 4.66. The predicted molar refractivity (Wildman–Crippen MR) is 193 cm³/mol. The highest BCUT2D eigenvalue weighted by Gasteiger charge is 2.19. The molecule has 0 unspecified atom stereocenters. The summed E-state index contributed by atoms with van der Waals surface area (Å²) in [6.45, 7) is 0. The first kappa shape index (κ1) is 26.0. The molecule has 0 aliphatic rings. The Bertz CT molecular complexity index is 2510. The van der Waals surface area contributed by atoms with Crippen LogP contribution in [0.4, 0.5) is 0 Å². The summed E-state index contributed by atoms with van der Waals surface area (Å²) in [6, 6.07) is 55.1. The minimum atomic E-state index is 1.17. The van der Waals surface area contributed by atoms with E-state index in [1.165, 1.54) is 85.9 Å². The molecule has 0 amide bonds. The zero-order valence-electron chi connectivity index (χ0n) is 24.4. The molecule has 1 aromatic heterocycles. The third-order valence-corrected chi connectivity index (χ3v) is 10.1. The average Bonchev–Trinajstić information content (AvgIpc) is 3.11. The molecule has 2 heteroatoms. The molecule has 0 atom stereocenters. The van der Waals surface area contributed by atoms with Gasteiger partial charge in [0, 0.05) is 27.6 Å². The van der Waals surface area contributed by atoms with E-state index in [1.54, 1.807) is 0 Å². The Labute approximate surface area is 265 Å². The zero-order valence-corrected chi connectivity index (χ0v) is 25.3. The Hall–Kier alpha value is -5.44. The van der Waals surface area contributed by atoms with Gasteiger partial charge in [-0.1, -0.05) is 133 Å². The highest BCUT2D eigenvalue weighted by Crippen LogP contribution is 2.47. The number of benzene rings is 8. The summed E-state index contributed by atoms with van der Waals surface area (Å²) in [5.41, 5.74) is 4.97. The molecule has 210 valence electrons. The van der Waals surface area contributed by atoms with Crippen molar-refractivity contribution < 1.29 is 0 Å². The molecule has 0 spiro atoms. The van der Waals surface area contributed by atoms with Crippen LogP contribution in [0.5, 0.6) is 0 Å². The van der Waals surface area contributed by atoms with Crippen LogP contribution < -0.4 is 0 Å². The second kappa shape index (κ2) is 10.6. The summed E-state index contributed by atoms with van der Waals surface area (Å²) in [7, 11) is 0. The first-order valence-corrected chi connectivity index (χ1v) is 16.1. The quantitative estimate of drug-likeness (QED) is 0.150. The summed E-state index contributed by atoms with van der Waals surface area (Å²) in [5, 5.41) is 12.5. The van der Waals surface area contributed by atoms with Crippen LogP contribution >= 0.6 is 11.8 Å². The molecule has 0 aliphatic carbocycles. The molecule has 45 heavy (non-hydrogen) atoms. The fourth-order valence-electron chi connectivity index (χ4n) is 6.86. The number of hydrogen-bond acceptors (Lipinski definition) is 2. The van der Waals surface area contributed by atoms with Gasteiger partial charge in [0.05, 0.1) is 0 Å². The Morgan fingerprint density at radius 2 is 1.07 bits per heavy atom. The smallest absolute Gasteiger partial charge is 0.0353 e. The van der Waals surface area contributed by atoms with E-state index < -0.39 is 0 Å². The largest absolute Gasteiger partial charge is 0.264 e. The van der Waals surface area contributed by atoms with Gasteiger partial charge in [0.2, 0.25) is 0 Å². The minimum absolute atomic E-state index is 1.17. The summed E-state index contributed by atoms with van der Waals surface area (Å²) >= 11 is 1.84. The molecule has 1 nitrogen and oxygen atoms in total. The van der Waals surface area contributed by atoms with Crippen molar-refractivity contribution in [2.45, 2.75) is 9.79 Å². The summed E-state index contributed by atoms with van der Waals surface area (Å²) < 4.78 is 0. The minimum Gasteiger partial charge on any atom is -0.264 e. The normalized spacial score (nSPS) is 11.6. The fraction of sp³-hybridized carbons (Fsp3) is 0. The molecule has 0 N–H and O–H groups in total. The highest BCUT2D eigenvalue weighted by molar-refractivity contribution is 7.99. The van der Waals surface area contributed by atoms with Gasteiger partial charge >= 0.3 is 0 Å². The lowest BCUT2D eigenvalue weighted by atomic mass is 9.88. The number of pyridine rings is 1. The second-order valence-corrected chi connectivity index (χ2v) is 12.6. The monoisotopic (exact) mass is 589 g/mol. The lowest BCUT2D eigenvalue weighted by molar-refractivity contribution is 1.36. The predicted octanol–water partition coefficient (Wildman–Crippen LogP) is 12.3. The van der Waals surface area contributed by atoms with E-state index >= 15 is 0 Å². The van der Waals surface area contributed by atoms with Crippen LogP contribution in [0.2, 0.25) is 0 Å². The lowest BCUT2D eigenvalue weighted by Gasteiger charge is -2.19. The molecular weight excluding hydrogens is 563 g/mol. The number of rotatable bonds is 4. The topological polar surface area (TPSA) is 12.9 Å². The van der Waals surface area contributed by atoms with Crippen molar-refractivity contribution in [2.24, 2.45) is 0 Å². The highest BCUT2D eigenvalue weighted by atomic mass is 32.2. The summed E-state index contributed by atoms with van der Waals surface area (Å²) in [6.07, 6.45) is 3.98. The number of nitrogens with zero attached hydrogens (tertiary/aromatic N) is 1. The lowest BCUT2D eigenvalue weighted by Crippen LogP contribution is -1.92. The van der Waals surface area contributed by atoms with Gasteiger partial charge in [-0.25, -0.2) is 0 Å². The molecule has 0 saturated carbocycles. The van der Waals surface area contributed by atoms with Gasteiger partial charge in [0.25, 0.3) is 0 Å². The van der Waals surface area contributed by atoms with E-state index in [4.69, 9.17) is 0 Å². The van der Waals surface area contributed by atoms with Crippen molar-refractivity contribution in [3.8, 4) is 22.3 Å². The van der Waals surface area contributed by atoms with Gasteiger partial charge in [0.1, 0.15) is 0 Å². The van der Waals surface area contributed by atoms with Crippen molar-refractivity contribution in [2.75, 3.05) is 0 Å². The molecular formula is C43H27NS. The van der Waals surface area contributed by atoms with Gasteiger partial charge in [-0.15, -0.1) is 0 Å². The molecule has 8 aromatic carbocycles. The molecule has 0 fully saturated rings. The Morgan fingerprint density at radius 1 is 0.400 bits per heavy atom. The van der Waals surface area contributed by atoms with Crippen LogP contribution in [0.3, 0.4) is 0 Å². The van der Waals surface area contributed by atoms with E-state index in [0.29, 0.717) is 0 Å². The van der Waals surface area contributed by atoms with Crippen LogP contribution in [0, 0.1) is 0 Å². The third kappa shape index (κ3) is 4.37. The molecule has 9 rings (SSSR count). The summed E-state index contributed by atoms with van der Waals surface area (Å²) in [4.78, 5) is 7.15. The van der Waals surface area contributed by atoms with Crippen LogP contribution in [0.1, 0.15) is 0 Å². The zero-order chi connectivity index (χ0) is 29.7. The number of aromatic nitrogens is 1. The van der Waals surface area contributed by atoms with Crippen molar-refractivity contribution in [1.29, 1.82) is 0 Å². The summed E-state index contributed by atoms with van der Waals surface area (Å²) in [5.74, 6) is 0. The first-order chi connectivity index (χ1) is 22.3. The SMILES string of the molecule is c1ccc(-c2ccc3cc(Sc4c5ccccc5c(-c5cc6ccccc6c6ccccc56)c5cnccc45)ccc3c2)cc1. The molecule has 1 heterocycles. The molecule has 0 bridgehead atoms.